The van der Waals surface area contributed by atoms with Crippen LogP contribution < -0.4 is 0 Å². The van der Waals surface area contributed by atoms with Crippen molar-refractivity contribution in [1.29, 1.82) is 0 Å². The summed E-state index contributed by atoms with van der Waals surface area (Å²) in [5.74, 6) is -1.20. The topological polar surface area (TPSA) is 75.4 Å². The largest absolute Gasteiger partial charge is 0.481 e. The van der Waals surface area contributed by atoms with Crippen molar-refractivity contribution >= 4 is 11.9 Å². The van der Waals surface area contributed by atoms with Crippen LogP contribution in [0.2, 0.25) is 0 Å². The van der Waals surface area contributed by atoms with Gasteiger partial charge in [0.25, 0.3) is 5.91 Å². The van der Waals surface area contributed by atoms with Crippen LogP contribution in [0.4, 0.5) is 0 Å². The Labute approximate surface area is 137 Å². The molecule has 1 saturated heterocycles. The molecule has 0 radical (unpaired) electrons. The number of carboxylic acids is 1. The van der Waals surface area contributed by atoms with Crippen LogP contribution >= 0.6 is 0 Å². The molecule has 0 bridgehead atoms. The van der Waals surface area contributed by atoms with Crippen LogP contribution in [0.15, 0.2) is 6.20 Å². The molecule has 23 heavy (non-hydrogen) atoms. The van der Waals surface area contributed by atoms with Crippen molar-refractivity contribution in [3.8, 4) is 0 Å². The summed E-state index contributed by atoms with van der Waals surface area (Å²) in [5, 5.41) is 13.7. The van der Waals surface area contributed by atoms with Gasteiger partial charge < -0.3 is 10.0 Å². The van der Waals surface area contributed by atoms with Gasteiger partial charge in [0.15, 0.2) is 0 Å². The van der Waals surface area contributed by atoms with Gasteiger partial charge in [-0.25, -0.2) is 0 Å². The van der Waals surface area contributed by atoms with E-state index in [1.807, 2.05) is 18.5 Å². The second kappa shape index (κ2) is 7.15. The van der Waals surface area contributed by atoms with Gasteiger partial charge in [0.05, 0.1) is 23.7 Å². The molecule has 1 amide bonds. The fourth-order valence-corrected chi connectivity index (χ4v) is 3.50. The van der Waals surface area contributed by atoms with Gasteiger partial charge in [-0.3, -0.25) is 14.3 Å². The van der Waals surface area contributed by atoms with Crippen molar-refractivity contribution in [2.24, 2.45) is 11.8 Å². The van der Waals surface area contributed by atoms with Crippen LogP contribution in [0, 0.1) is 18.8 Å². The third kappa shape index (κ3) is 3.57. The second-order valence-electron chi connectivity index (χ2n) is 6.64. The maximum Gasteiger partial charge on any atom is 0.308 e. The Bertz CT molecular complexity index is 578. The number of aromatic nitrogens is 2. The summed E-state index contributed by atoms with van der Waals surface area (Å²) in [6.45, 7) is 9.03. The van der Waals surface area contributed by atoms with Crippen LogP contribution in [0.5, 0.6) is 0 Å². The SMILES string of the molecule is CCC(CC)n1ncc(C(=O)N2CC(C)CC(C(=O)O)C2)c1C. The van der Waals surface area contributed by atoms with Crippen molar-refractivity contribution in [3.63, 3.8) is 0 Å². The molecule has 0 aliphatic carbocycles. The zero-order valence-corrected chi connectivity index (χ0v) is 14.5. The lowest BCUT2D eigenvalue weighted by Crippen LogP contribution is -2.45. The van der Waals surface area contributed by atoms with Crippen molar-refractivity contribution in [2.75, 3.05) is 13.1 Å². The highest BCUT2D eigenvalue weighted by Gasteiger charge is 2.33. The molecule has 1 fully saturated rings. The molecule has 2 rings (SSSR count). The molecule has 2 unspecified atom stereocenters. The van der Waals surface area contributed by atoms with E-state index in [4.69, 9.17) is 0 Å². The molecule has 128 valence electrons. The molecule has 1 aliphatic heterocycles. The summed E-state index contributed by atoms with van der Waals surface area (Å²) in [7, 11) is 0. The van der Waals surface area contributed by atoms with Crippen molar-refractivity contribution < 1.29 is 14.7 Å². The van der Waals surface area contributed by atoms with Gasteiger partial charge in [-0.15, -0.1) is 0 Å². The molecule has 2 atom stereocenters. The molecule has 0 saturated carbocycles. The van der Waals surface area contributed by atoms with Gasteiger partial charge in [-0.2, -0.15) is 5.10 Å². The zero-order chi connectivity index (χ0) is 17.1. The minimum absolute atomic E-state index is 0.0995. The predicted molar refractivity (Wildman–Crippen MR) is 87.4 cm³/mol. The van der Waals surface area contributed by atoms with E-state index in [0.29, 0.717) is 24.6 Å². The molecule has 1 aromatic heterocycles. The van der Waals surface area contributed by atoms with E-state index < -0.39 is 11.9 Å². The molecule has 6 nitrogen and oxygen atoms in total. The van der Waals surface area contributed by atoms with E-state index in [0.717, 1.165) is 18.5 Å². The maximum atomic E-state index is 12.8. The molecule has 1 N–H and O–H groups in total. The third-order valence-electron chi connectivity index (χ3n) is 4.86. The van der Waals surface area contributed by atoms with E-state index in [1.54, 1.807) is 11.1 Å². The van der Waals surface area contributed by atoms with Gasteiger partial charge in [0.1, 0.15) is 0 Å². The number of likely N-dealkylation sites (tertiary alicyclic amines) is 1. The molecular formula is C17H27N3O3. The second-order valence-corrected chi connectivity index (χ2v) is 6.64. The first-order valence-corrected chi connectivity index (χ1v) is 8.45. The number of aliphatic carboxylic acids is 1. The molecule has 1 aliphatic rings. The summed E-state index contributed by atoms with van der Waals surface area (Å²) in [6.07, 6.45) is 4.19. The van der Waals surface area contributed by atoms with E-state index in [2.05, 4.69) is 18.9 Å². The lowest BCUT2D eigenvalue weighted by molar-refractivity contribution is -0.143. The molecule has 0 spiro atoms. The monoisotopic (exact) mass is 321 g/mol. The van der Waals surface area contributed by atoms with Crippen molar-refractivity contribution in [3.05, 3.63) is 17.5 Å². The number of rotatable bonds is 5. The smallest absolute Gasteiger partial charge is 0.308 e. The fourth-order valence-electron chi connectivity index (χ4n) is 3.50. The highest BCUT2D eigenvalue weighted by atomic mass is 16.4. The van der Waals surface area contributed by atoms with E-state index in [-0.39, 0.29) is 18.4 Å². The number of carboxylic acid groups (broad SMARTS) is 1. The Balaban J connectivity index is 2.21. The zero-order valence-electron chi connectivity index (χ0n) is 14.5. The minimum atomic E-state index is -0.821. The summed E-state index contributed by atoms with van der Waals surface area (Å²) >= 11 is 0. The minimum Gasteiger partial charge on any atom is -0.481 e. The number of hydrogen-bond donors (Lipinski definition) is 1. The Kier molecular flexibility index (Phi) is 5.44. The first-order chi connectivity index (χ1) is 10.9. The number of carbonyl (C=O) groups excluding carboxylic acids is 1. The summed E-state index contributed by atoms with van der Waals surface area (Å²) in [6, 6.07) is 0.295. The number of amides is 1. The number of nitrogens with zero attached hydrogens (tertiary/aromatic N) is 3. The highest BCUT2D eigenvalue weighted by molar-refractivity contribution is 5.95. The maximum absolute atomic E-state index is 12.8. The van der Waals surface area contributed by atoms with Crippen LogP contribution in [-0.2, 0) is 4.79 Å². The third-order valence-corrected chi connectivity index (χ3v) is 4.86. The normalized spacial score (nSPS) is 21.7. The Hall–Kier alpha value is -1.85. The predicted octanol–water partition coefficient (Wildman–Crippen LogP) is 2.74. The number of piperidine rings is 1. The van der Waals surface area contributed by atoms with Crippen LogP contribution in [0.3, 0.4) is 0 Å². The summed E-state index contributed by atoms with van der Waals surface area (Å²) in [4.78, 5) is 25.8. The van der Waals surface area contributed by atoms with Gasteiger partial charge >= 0.3 is 5.97 Å². The molecule has 0 aromatic carbocycles. The average Bonchev–Trinajstić information content (AvgIpc) is 2.89. The van der Waals surface area contributed by atoms with Crippen LogP contribution in [-0.4, -0.2) is 44.8 Å². The fraction of sp³-hybridized carbons (Fsp3) is 0.706. The van der Waals surface area contributed by atoms with Crippen LogP contribution in [0.1, 0.15) is 62.1 Å². The summed E-state index contributed by atoms with van der Waals surface area (Å²) in [5.41, 5.74) is 1.46. The molecule has 6 heteroatoms. The highest BCUT2D eigenvalue weighted by Crippen LogP contribution is 2.25. The Morgan fingerprint density at radius 1 is 1.35 bits per heavy atom. The van der Waals surface area contributed by atoms with Crippen molar-refractivity contribution in [1.82, 2.24) is 14.7 Å². The van der Waals surface area contributed by atoms with E-state index in [1.165, 1.54) is 0 Å². The average molecular weight is 321 g/mol. The lowest BCUT2D eigenvalue weighted by atomic mass is 9.90. The van der Waals surface area contributed by atoms with E-state index >= 15 is 0 Å². The molecular weight excluding hydrogens is 294 g/mol. The Morgan fingerprint density at radius 2 is 2.00 bits per heavy atom. The van der Waals surface area contributed by atoms with E-state index in [9.17, 15) is 14.7 Å². The molecule has 2 heterocycles. The Morgan fingerprint density at radius 3 is 2.57 bits per heavy atom. The van der Waals surface area contributed by atoms with Gasteiger partial charge in [-0.05, 0) is 32.1 Å². The quantitative estimate of drug-likeness (QED) is 0.905. The first kappa shape index (κ1) is 17.5. The number of carbonyl (C=O) groups is 2. The number of hydrogen-bond acceptors (Lipinski definition) is 3. The molecule has 1 aromatic rings. The van der Waals surface area contributed by atoms with Gasteiger partial charge in [-0.1, -0.05) is 20.8 Å². The summed E-state index contributed by atoms with van der Waals surface area (Å²) < 4.78 is 1.93. The van der Waals surface area contributed by atoms with Crippen LogP contribution in [0.25, 0.3) is 0 Å². The lowest BCUT2D eigenvalue weighted by Gasteiger charge is -2.34. The first-order valence-electron chi connectivity index (χ1n) is 8.45. The standard InChI is InChI=1S/C17H27N3O3/c1-5-14(6-2)20-12(4)15(8-18-20)16(21)19-9-11(3)7-13(10-19)17(22)23/h8,11,13-14H,5-7,9-10H2,1-4H3,(H,22,23). The van der Waals surface area contributed by atoms with Crippen molar-refractivity contribution in [2.45, 2.75) is 53.0 Å². The van der Waals surface area contributed by atoms with Gasteiger partial charge in [0, 0.05) is 18.8 Å². The van der Waals surface area contributed by atoms with Gasteiger partial charge in [0.2, 0.25) is 0 Å².